The molecule has 5 aliphatic carbocycles. The maximum atomic E-state index is 2.75. The van der Waals surface area contributed by atoms with Crippen LogP contribution in [0, 0.1) is 5.92 Å². The number of hydrogen-bond acceptors (Lipinski definition) is 1. The molecule has 0 saturated heterocycles. The van der Waals surface area contributed by atoms with Gasteiger partial charge in [-0.05, 0) is 119 Å². The van der Waals surface area contributed by atoms with Crippen molar-refractivity contribution in [1.82, 2.24) is 4.57 Å². The standard InChI is InChI=1S/C48H48N2/c1-47(2)41-19-11-8-16-35(41)37-25-22-33(29-43(37)47)49(34-23-26-38-36-17-9-12-20-42(36)48(3,4)44(38)30-34)32-24-27-46-40(28-32)39-18-10-13-21-45(39)50(46)31-14-6-5-7-15-31/h6,8-14,16-23,25-26,29-32,35,41H,5,7,15,24,27-28H2,1-4H3. The average Bonchev–Trinajstić information content (AvgIpc) is 3.69. The molecular formula is C48H48N2. The van der Waals surface area contributed by atoms with E-state index in [0.717, 1.165) is 19.3 Å². The Bertz CT molecular complexity index is 2270. The van der Waals surface area contributed by atoms with Crippen LogP contribution in [-0.2, 0) is 23.7 Å². The van der Waals surface area contributed by atoms with E-state index in [1.54, 1.807) is 11.3 Å². The van der Waals surface area contributed by atoms with Crippen LogP contribution in [0.15, 0.2) is 121 Å². The Balaban J connectivity index is 1.13. The Labute approximate surface area is 297 Å². The van der Waals surface area contributed by atoms with Gasteiger partial charge in [0.2, 0.25) is 0 Å². The summed E-state index contributed by atoms with van der Waals surface area (Å²) in [5.41, 5.74) is 15.9. The van der Waals surface area contributed by atoms with E-state index in [9.17, 15) is 0 Å². The maximum absolute atomic E-state index is 2.75. The third-order valence-corrected chi connectivity index (χ3v) is 13.4. The normalized spacial score (nSPS) is 24.8. The molecule has 0 saturated carbocycles. The number of benzene rings is 4. The first-order valence-corrected chi connectivity index (χ1v) is 19.1. The summed E-state index contributed by atoms with van der Waals surface area (Å²) < 4.78 is 2.72. The Morgan fingerprint density at radius 1 is 0.720 bits per heavy atom. The molecule has 0 fully saturated rings. The summed E-state index contributed by atoms with van der Waals surface area (Å²) in [5, 5.41) is 1.45. The Morgan fingerprint density at radius 2 is 1.48 bits per heavy atom. The van der Waals surface area contributed by atoms with Crippen molar-refractivity contribution in [2.45, 2.75) is 95.1 Å². The van der Waals surface area contributed by atoms with E-state index in [2.05, 4.69) is 159 Å². The van der Waals surface area contributed by atoms with Crippen LogP contribution < -0.4 is 4.90 Å². The van der Waals surface area contributed by atoms with E-state index in [1.807, 2.05) is 0 Å². The van der Waals surface area contributed by atoms with Crippen molar-refractivity contribution in [1.29, 1.82) is 0 Å². The van der Waals surface area contributed by atoms with Gasteiger partial charge < -0.3 is 9.47 Å². The number of anilines is 2. The molecule has 0 spiro atoms. The van der Waals surface area contributed by atoms with E-state index >= 15 is 0 Å². The summed E-state index contributed by atoms with van der Waals surface area (Å²) in [5.74, 6) is 0.965. The zero-order chi connectivity index (χ0) is 33.8. The summed E-state index contributed by atoms with van der Waals surface area (Å²) in [6, 6.07) is 34.0. The molecule has 4 aromatic carbocycles. The highest BCUT2D eigenvalue weighted by Gasteiger charge is 2.45. The van der Waals surface area contributed by atoms with Gasteiger partial charge in [0.1, 0.15) is 0 Å². The van der Waals surface area contributed by atoms with Crippen LogP contribution in [0.2, 0.25) is 0 Å². The van der Waals surface area contributed by atoms with Gasteiger partial charge in [-0.2, -0.15) is 0 Å². The second kappa shape index (κ2) is 11.0. The molecule has 0 aliphatic heterocycles. The molecule has 2 nitrogen and oxygen atoms in total. The molecule has 1 aromatic heterocycles. The van der Waals surface area contributed by atoms with Crippen molar-refractivity contribution in [3.8, 4) is 11.1 Å². The molecule has 0 N–H and O–H groups in total. The lowest BCUT2D eigenvalue weighted by molar-refractivity contribution is 0.394. The topological polar surface area (TPSA) is 8.17 Å². The summed E-state index contributed by atoms with van der Waals surface area (Å²) in [6.07, 6.45) is 21.3. The summed E-state index contributed by atoms with van der Waals surface area (Å²) in [4.78, 5) is 2.75. The Morgan fingerprint density at radius 3 is 2.34 bits per heavy atom. The van der Waals surface area contributed by atoms with Crippen molar-refractivity contribution in [2.75, 3.05) is 4.90 Å². The lowest BCUT2D eigenvalue weighted by Crippen LogP contribution is -2.37. The maximum Gasteiger partial charge on any atom is 0.0519 e. The fourth-order valence-corrected chi connectivity index (χ4v) is 10.9. The molecule has 50 heavy (non-hydrogen) atoms. The van der Waals surface area contributed by atoms with Crippen LogP contribution >= 0.6 is 0 Å². The van der Waals surface area contributed by atoms with Gasteiger partial charge >= 0.3 is 0 Å². The van der Waals surface area contributed by atoms with Gasteiger partial charge in [-0.3, -0.25) is 0 Å². The fourth-order valence-electron chi connectivity index (χ4n) is 10.9. The summed E-state index contributed by atoms with van der Waals surface area (Å²) in [7, 11) is 0. The number of para-hydroxylation sites is 1. The number of nitrogens with zero attached hydrogens (tertiary/aromatic N) is 2. The van der Waals surface area contributed by atoms with Crippen molar-refractivity contribution < 1.29 is 0 Å². The third-order valence-electron chi connectivity index (χ3n) is 13.4. The molecule has 0 radical (unpaired) electrons. The molecular weight excluding hydrogens is 605 g/mol. The quantitative estimate of drug-likeness (QED) is 0.175. The molecule has 5 aromatic rings. The smallest absolute Gasteiger partial charge is 0.0519 e. The van der Waals surface area contributed by atoms with E-state index in [0.29, 0.717) is 23.9 Å². The van der Waals surface area contributed by atoms with E-state index in [-0.39, 0.29) is 10.8 Å². The molecule has 4 unspecified atom stereocenters. The van der Waals surface area contributed by atoms with Gasteiger partial charge in [0.25, 0.3) is 0 Å². The molecule has 5 aliphatic rings. The molecule has 0 amide bonds. The van der Waals surface area contributed by atoms with Gasteiger partial charge in [-0.15, -0.1) is 0 Å². The monoisotopic (exact) mass is 652 g/mol. The predicted octanol–water partition coefficient (Wildman–Crippen LogP) is 12.0. The Kier molecular flexibility index (Phi) is 6.64. The lowest BCUT2D eigenvalue weighted by atomic mass is 9.74. The van der Waals surface area contributed by atoms with E-state index in [1.165, 1.54) is 74.9 Å². The Hall–Kier alpha value is -4.56. The average molecular weight is 653 g/mol. The highest BCUT2D eigenvalue weighted by molar-refractivity contribution is 5.87. The minimum Gasteiger partial charge on any atom is -0.338 e. The molecule has 4 atom stereocenters. The first-order chi connectivity index (χ1) is 24.3. The molecule has 1 heterocycles. The molecule has 10 rings (SSSR count). The van der Waals surface area contributed by atoms with Gasteiger partial charge in [0.15, 0.2) is 0 Å². The predicted molar refractivity (Wildman–Crippen MR) is 210 cm³/mol. The van der Waals surface area contributed by atoms with Crippen LogP contribution in [0.3, 0.4) is 0 Å². The number of rotatable bonds is 4. The lowest BCUT2D eigenvalue weighted by Gasteiger charge is -2.38. The number of allylic oxidation sites excluding steroid dienone is 6. The highest BCUT2D eigenvalue weighted by Crippen LogP contribution is 2.55. The summed E-state index contributed by atoms with van der Waals surface area (Å²) in [6.45, 7) is 9.75. The van der Waals surface area contributed by atoms with Gasteiger partial charge in [0, 0.05) is 45.3 Å². The third kappa shape index (κ3) is 4.27. The van der Waals surface area contributed by atoms with E-state index in [4.69, 9.17) is 0 Å². The zero-order valence-electron chi connectivity index (χ0n) is 30.0. The molecule has 0 bridgehead atoms. The van der Waals surface area contributed by atoms with Crippen molar-refractivity contribution >= 4 is 22.3 Å². The second-order valence-electron chi connectivity index (χ2n) is 16.7. The van der Waals surface area contributed by atoms with Crippen LogP contribution in [-0.4, -0.2) is 10.6 Å². The number of fused-ring (bicyclic) bond motifs is 9. The van der Waals surface area contributed by atoms with Crippen molar-refractivity contribution in [3.05, 3.63) is 155 Å². The van der Waals surface area contributed by atoms with Crippen molar-refractivity contribution in [3.63, 3.8) is 0 Å². The summed E-state index contributed by atoms with van der Waals surface area (Å²) >= 11 is 0. The second-order valence-corrected chi connectivity index (χ2v) is 16.7. The first kappa shape index (κ1) is 30.3. The minimum atomic E-state index is -0.0391. The highest BCUT2D eigenvalue weighted by atomic mass is 15.2. The van der Waals surface area contributed by atoms with Gasteiger partial charge in [-0.1, -0.05) is 119 Å². The SMILES string of the molecule is CC1(C)c2ccccc2-c2ccc(N(c3ccc4c(c3)C(C)(C)C3C=CC=CC43)C3CCc4c(c5ccccc5n4C4C=CCCC4)C3)cc21. The zero-order valence-corrected chi connectivity index (χ0v) is 30.0. The van der Waals surface area contributed by atoms with Crippen LogP contribution in [0.1, 0.15) is 98.8 Å². The number of hydrogen-bond donors (Lipinski definition) is 0. The number of aromatic nitrogens is 1. The molecule has 250 valence electrons. The first-order valence-electron chi connectivity index (χ1n) is 19.1. The van der Waals surface area contributed by atoms with Crippen LogP contribution in [0.5, 0.6) is 0 Å². The van der Waals surface area contributed by atoms with E-state index < -0.39 is 0 Å². The van der Waals surface area contributed by atoms with Crippen LogP contribution in [0.25, 0.3) is 22.0 Å². The van der Waals surface area contributed by atoms with Gasteiger partial charge in [-0.25, -0.2) is 0 Å². The van der Waals surface area contributed by atoms with Crippen LogP contribution in [0.4, 0.5) is 11.4 Å². The van der Waals surface area contributed by atoms with Gasteiger partial charge in [0.05, 0.1) is 6.04 Å². The molecule has 2 heteroatoms. The fraction of sp³-hybridized carbons (Fsp3) is 0.333. The largest absolute Gasteiger partial charge is 0.338 e. The minimum absolute atomic E-state index is 0.0391. The van der Waals surface area contributed by atoms with Crippen molar-refractivity contribution in [2.24, 2.45) is 5.92 Å².